The molecule has 0 aromatic heterocycles. The fourth-order valence-corrected chi connectivity index (χ4v) is 6.58. The minimum absolute atomic E-state index is 0. The molecule has 2 aromatic carbocycles. The molecule has 2 heterocycles. The van der Waals surface area contributed by atoms with Gasteiger partial charge < -0.3 is 33.6 Å². The third kappa shape index (κ3) is 17.1. The average molecular weight is 912 g/mol. The molecule has 2 aromatic rings. The van der Waals surface area contributed by atoms with Crippen molar-refractivity contribution in [2.24, 2.45) is 0 Å². The van der Waals surface area contributed by atoms with Gasteiger partial charge in [0.1, 0.15) is 34.8 Å². The predicted octanol–water partition coefficient (Wildman–Crippen LogP) is 8.53. The van der Waals surface area contributed by atoms with Gasteiger partial charge in [-0.3, -0.25) is 0 Å². The van der Waals surface area contributed by atoms with Gasteiger partial charge >= 0.3 is 40.7 Å². The van der Waals surface area contributed by atoms with Crippen LogP contribution in [0.3, 0.4) is 0 Å². The maximum atomic E-state index is 12.2. The van der Waals surface area contributed by atoms with E-state index in [1.54, 1.807) is 33.3 Å². The van der Waals surface area contributed by atoms with Gasteiger partial charge in [-0.1, -0.05) is 12.1 Å². The van der Waals surface area contributed by atoms with E-state index in [-0.39, 0.29) is 29.5 Å². The van der Waals surface area contributed by atoms with Gasteiger partial charge in [-0.2, -0.15) is 0 Å². The standard InChI is InChI=1S/C18H24N2O2S.C18H25NO3S.C4H10O.Al.BH2I.2H/c1-17(2,3)22-16(21)20-12-10-18(19-4,11-13-20)14-6-8-15(23-5)9-7-14;1-17(2,3)22-16(21)19-11-9-18(13-20,10-12-19)14-5-7-15(23-4)8-6-14;1-3-5-4-2;;1-2;;/h6-9H,10-13H2,1-3,5H3;5-8,13H,9-12H2,1-4H3;3-4H2,1-2H3;;2H2;;/i;;;;2D;;. The van der Waals surface area contributed by atoms with Crippen molar-refractivity contribution in [3.8, 4) is 0 Å². The number of benzene rings is 2. The van der Waals surface area contributed by atoms with Crippen LogP contribution in [0.5, 0.6) is 0 Å². The quantitative estimate of drug-likeness (QED) is 0.0899. The van der Waals surface area contributed by atoms with Gasteiger partial charge in [0.15, 0.2) is 0 Å². The molecule has 299 valence electrons. The van der Waals surface area contributed by atoms with E-state index in [2.05, 4.69) is 22.7 Å². The topological polar surface area (TPSA) is 89.7 Å². The molecule has 3 radical (unpaired) electrons. The summed E-state index contributed by atoms with van der Waals surface area (Å²) in [6, 6.07) is 16.4. The fraction of sp³-hybridized carbons (Fsp3) is 0.600. The minimum atomic E-state index is -0.780. The number of thioether (sulfide) groups is 2. The van der Waals surface area contributed by atoms with Crippen molar-refractivity contribution >= 4 is 87.2 Å². The number of aldehydes is 1. The minimum Gasteiger partial charge on any atom is -0.444 e. The van der Waals surface area contributed by atoms with Crippen LogP contribution in [0.25, 0.3) is 4.85 Å². The second kappa shape index (κ2) is 25.4. The molecule has 4 rings (SSSR count). The number of carbonyl (C=O) groups excluding carboxylic acids is 3. The first kappa shape index (κ1) is 50.1. The smallest absolute Gasteiger partial charge is 0.410 e. The summed E-state index contributed by atoms with van der Waals surface area (Å²) in [5, 5.41) is 0. The molecule has 0 atom stereocenters. The van der Waals surface area contributed by atoms with E-state index >= 15 is 0 Å². The summed E-state index contributed by atoms with van der Waals surface area (Å²) < 4.78 is 21.8. The van der Waals surface area contributed by atoms with Gasteiger partial charge in [-0.15, -0.1) is 23.5 Å². The molecule has 2 amide bonds. The average Bonchev–Trinajstić information content (AvgIpc) is 3.15. The van der Waals surface area contributed by atoms with Crippen molar-refractivity contribution in [3.05, 3.63) is 71.1 Å². The number of hydrogen-bond donors (Lipinski definition) is 0. The molecule has 0 spiro atoms. The van der Waals surface area contributed by atoms with E-state index in [0.717, 1.165) is 30.6 Å². The number of halogens is 1. The van der Waals surface area contributed by atoms with Crippen LogP contribution in [-0.2, 0) is 30.0 Å². The number of ether oxygens (including phenoxy) is 3. The van der Waals surface area contributed by atoms with E-state index in [9.17, 15) is 14.4 Å². The maximum absolute atomic E-state index is 12.2. The van der Waals surface area contributed by atoms with Crippen LogP contribution < -0.4 is 0 Å². The van der Waals surface area contributed by atoms with Crippen LogP contribution in [0.15, 0.2) is 58.3 Å². The molecule has 0 aliphatic carbocycles. The molecule has 0 N–H and O–H groups in total. The molecule has 2 saturated heterocycles. The Kier molecular flexibility index (Phi) is 23.6. The number of nitrogens with zero attached hydrogens (tertiary/aromatic N) is 3. The van der Waals surface area contributed by atoms with Crippen LogP contribution >= 0.6 is 45.7 Å². The summed E-state index contributed by atoms with van der Waals surface area (Å²) in [6.07, 6.45) is 7.10. The van der Waals surface area contributed by atoms with E-state index in [4.69, 9.17) is 21.4 Å². The van der Waals surface area contributed by atoms with Crippen molar-refractivity contribution < 1.29 is 28.6 Å². The van der Waals surface area contributed by atoms with Gasteiger partial charge in [0.05, 0.1) is 5.41 Å². The molecule has 0 unspecified atom stereocenters. The molecular weight excluding hydrogens is 847 g/mol. The monoisotopic (exact) mass is 911 g/mol. The first-order valence-electron chi connectivity index (χ1n) is 18.3. The van der Waals surface area contributed by atoms with Crippen LogP contribution in [-0.4, -0.2) is 115 Å². The normalized spacial score (nSPS) is 16.1. The zero-order valence-corrected chi connectivity index (χ0v) is 40.3. The Bertz CT molecular complexity index is 1460. The molecule has 0 saturated carbocycles. The second-order valence-corrected chi connectivity index (χ2v) is 16.3. The Labute approximate surface area is 359 Å². The van der Waals surface area contributed by atoms with E-state index in [1.807, 2.05) is 104 Å². The first-order valence-corrected chi connectivity index (χ1v) is 21.7. The third-order valence-electron chi connectivity index (χ3n) is 8.69. The number of carbonyl (C=O) groups is 3. The maximum Gasteiger partial charge on any atom is 0.410 e. The number of likely N-dealkylation sites (tertiary alicyclic amines) is 2. The van der Waals surface area contributed by atoms with Crippen LogP contribution in [0.2, 0.25) is 0 Å². The van der Waals surface area contributed by atoms with E-state index in [1.165, 1.54) is 9.79 Å². The van der Waals surface area contributed by atoms with Crippen LogP contribution in [0, 0.1) is 6.57 Å². The van der Waals surface area contributed by atoms with Crippen molar-refractivity contribution in [2.45, 2.75) is 113 Å². The number of hydrogen-bond acceptors (Lipinski definition) is 8. The van der Waals surface area contributed by atoms with Crippen LogP contribution in [0.1, 0.15) is 92.2 Å². The predicted molar refractivity (Wildman–Crippen MR) is 240 cm³/mol. The first-order chi connectivity index (χ1) is 25.4. The Hall–Kier alpha value is -1.87. The van der Waals surface area contributed by atoms with Gasteiger partial charge in [-0.25, -0.2) is 16.2 Å². The molecule has 0 bridgehead atoms. The van der Waals surface area contributed by atoms with Gasteiger partial charge in [0.2, 0.25) is 0 Å². The molecule has 54 heavy (non-hydrogen) atoms. The van der Waals surface area contributed by atoms with Crippen molar-refractivity contribution in [1.29, 1.82) is 0.594 Å². The molecule has 14 heteroatoms. The van der Waals surface area contributed by atoms with Crippen molar-refractivity contribution in [3.63, 3.8) is 0 Å². The number of amides is 2. The molecule has 9 nitrogen and oxygen atoms in total. The Balaban J connectivity index is 0.000000874. The Morgan fingerprint density at radius 2 is 1.17 bits per heavy atom. The zero-order chi connectivity index (χ0) is 41.0. The van der Waals surface area contributed by atoms with E-state index < -0.39 is 44.3 Å². The summed E-state index contributed by atoms with van der Waals surface area (Å²) in [4.78, 5) is 45.8. The summed E-state index contributed by atoms with van der Waals surface area (Å²) in [5.74, 6) is 0. The molecular formula is C40H63AlBIN3O6S2. The van der Waals surface area contributed by atoms with Crippen LogP contribution in [0.4, 0.5) is 9.59 Å². The van der Waals surface area contributed by atoms with Crippen molar-refractivity contribution in [2.75, 3.05) is 51.9 Å². The van der Waals surface area contributed by atoms with Gasteiger partial charge in [0, 0.05) is 67.6 Å². The summed E-state index contributed by atoms with van der Waals surface area (Å²) in [7, 11) is 0. The summed E-state index contributed by atoms with van der Waals surface area (Å²) in [5.41, 5.74) is 4.74. The summed E-state index contributed by atoms with van der Waals surface area (Å²) >= 11 is 2.60. The second-order valence-electron chi connectivity index (χ2n) is 14.6. The molecule has 2 aliphatic heterocycles. The summed E-state index contributed by atoms with van der Waals surface area (Å²) in [6.45, 7) is 26.7. The molecule has 2 aliphatic rings. The fourth-order valence-electron chi connectivity index (χ4n) is 5.77. The number of piperidine rings is 2. The zero-order valence-electron chi connectivity index (χ0n) is 35.4. The SMILES string of the molecule is CCOCC.CSc1ccc(C2(C=O)CCN(C(=O)OC(C)(C)C)CC2)cc1.[2H][IH][B].[AlH2].[C-]#[N+]C1(c2ccc(SC)cc2)CCN(C(=O)OC(C)(C)C)CC1. The van der Waals surface area contributed by atoms with E-state index in [0.29, 0.717) is 51.9 Å². The van der Waals surface area contributed by atoms with Crippen molar-refractivity contribution in [1.82, 2.24) is 9.80 Å². The Morgan fingerprint density at radius 3 is 1.44 bits per heavy atom. The van der Waals surface area contributed by atoms with Gasteiger partial charge in [0.25, 0.3) is 5.54 Å². The largest absolute Gasteiger partial charge is 0.444 e. The number of rotatable bonds is 7. The molecule has 2 fully saturated rings. The third-order valence-corrected chi connectivity index (χ3v) is 10.2. The Morgan fingerprint density at radius 1 is 0.815 bits per heavy atom. The van der Waals surface area contributed by atoms with Gasteiger partial charge in [-0.05, 0) is 123 Å².